The van der Waals surface area contributed by atoms with E-state index in [0.717, 1.165) is 25.2 Å². The quantitative estimate of drug-likeness (QED) is 0.860. The fourth-order valence-corrected chi connectivity index (χ4v) is 3.08. The Kier molecular flexibility index (Phi) is 3.72. The summed E-state index contributed by atoms with van der Waals surface area (Å²) in [7, 11) is 3.61. The summed E-state index contributed by atoms with van der Waals surface area (Å²) in [6.07, 6.45) is 7.48. The normalized spacial score (nSPS) is 16.9. The van der Waals surface area contributed by atoms with E-state index in [-0.39, 0.29) is 5.91 Å². The van der Waals surface area contributed by atoms with Crippen LogP contribution in [0.25, 0.3) is 0 Å². The Hall–Kier alpha value is -2.55. The zero-order chi connectivity index (χ0) is 15.7. The topological polar surface area (TPSA) is 66.8 Å². The largest absolute Gasteiger partial charge is 0.345 e. The van der Waals surface area contributed by atoms with Crippen molar-refractivity contribution >= 4 is 5.91 Å². The van der Waals surface area contributed by atoms with Gasteiger partial charge in [-0.1, -0.05) is 0 Å². The van der Waals surface area contributed by atoms with E-state index in [1.165, 1.54) is 0 Å². The van der Waals surface area contributed by atoms with Crippen LogP contribution in [-0.4, -0.2) is 38.5 Å². The third-order valence-corrected chi connectivity index (χ3v) is 4.28. The molecule has 1 aliphatic heterocycles. The summed E-state index contributed by atoms with van der Waals surface area (Å²) < 4.78 is 3.89. The number of nitrogens with zero attached hydrogens (tertiary/aromatic N) is 5. The monoisotopic (exact) mass is 297 g/mol. The van der Waals surface area contributed by atoms with Crippen molar-refractivity contribution in [3.05, 3.63) is 41.7 Å². The second kappa shape index (κ2) is 5.68. The Balaban J connectivity index is 1.67. The van der Waals surface area contributed by atoms with Crippen molar-refractivity contribution in [2.75, 3.05) is 13.6 Å². The number of rotatable bonds is 3. The first-order valence-corrected chi connectivity index (χ1v) is 7.40. The van der Waals surface area contributed by atoms with Crippen LogP contribution in [0.2, 0.25) is 0 Å². The van der Waals surface area contributed by atoms with Gasteiger partial charge in [-0.2, -0.15) is 5.26 Å². The van der Waals surface area contributed by atoms with Crippen LogP contribution in [0.15, 0.2) is 24.7 Å². The molecule has 2 aromatic rings. The smallest absolute Gasteiger partial charge is 0.270 e. The molecule has 0 fully saturated rings. The molecule has 0 spiro atoms. The molecule has 22 heavy (non-hydrogen) atoms. The minimum Gasteiger partial charge on any atom is -0.345 e. The highest BCUT2D eigenvalue weighted by Gasteiger charge is 2.23. The van der Waals surface area contributed by atoms with Gasteiger partial charge in [-0.15, -0.1) is 0 Å². The van der Waals surface area contributed by atoms with Crippen LogP contribution in [0, 0.1) is 17.2 Å². The average Bonchev–Trinajstić information content (AvgIpc) is 3.12. The molecule has 0 aliphatic carbocycles. The lowest BCUT2D eigenvalue weighted by atomic mass is 9.97. The maximum atomic E-state index is 12.5. The van der Waals surface area contributed by atoms with Gasteiger partial charge in [0, 0.05) is 52.2 Å². The second-order valence-corrected chi connectivity index (χ2v) is 5.92. The third kappa shape index (κ3) is 2.62. The van der Waals surface area contributed by atoms with Gasteiger partial charge >= 0.3 is 0 Å². The van der Waals surface area contributed by atoms with E-state index < -0.39 is 0 Å². The van der Waals surface area contributed by atoms with Crippen molar-refractivity contribution in [2.24, 2.45) is 13.0 Å². The summed E-state index contributed by atoms with van der Waals surface area (Å²) >= 11 is 0. The highest BCUT2D eigenvalue weighted by molar-refractivity contribution is 5.93. The first-order chi connectivity index (χ1) is 10.6. The van der Waals surface area contributed by atoms with Crippen molar-refractivity contribution in [2.45, 2.75) is 19.4 Å². The molecule has 1 atom stereocenters. The molecule has 6 nitrogen and oxygen atoms in total. The maximum Gasteiger partial charge on any atom is 0.270 e. The van der Waals surface area contributed by atoms with E-state index in [1.807, 2.05) is 19.4 Å². The van der Waals surface area contributed by atoms with E-state index in [1.54, 1.807) is 28.8 Å². The Morgan fingerprint density at radius 1 is 1.59 bits per heavy atom. The van der Waals surface area contributed by atoms with Crippen LogP contribution in [0.5, 0.6) is 0 Å². The Morgan fingerprint density at radius 2 is 2.41 bits per heavy atom. The first-order valence-electron chi connectivity index (χ1n) is 7.40. The average molecular weight is 297 g/mol. The molecule has 1 amide bonds. The fourth-order valence-electron chi connectivity index (χ4n) is 3.08. The fraction of sp³-hybridized carbons (Fsp3) is 0.438. The standard InChI is InChI=1S/C16H19N5O/c1-19-11-13(9-17)7-14(19)16(22)20(2)10-12-3-5-21-6-4-18-15(21)8-12/h4,6-7,11-12H,3,5,8,10H2,1-2H3. The molecule has 2 aromatic heterocycles. The van der Waals surface area contributed by atoms with Gasteiger partial charge in [-0.05, 0) is 18.4 Å². The van der Waals surface area contributed by atoms with Gasteiger partial charge < -0.3 is 14.0 Å². The number of hydrogen-bond donors (Lipinski definition) is 0. The number of aryl methyl sites for hydroxylation is 2. The zero-order valence-corrected chi connectivity index (χ0v) is 12.9. The molecule has 3 rings (SSSR count). The number of nitriles is 1. The number of hydrogen-bond acceptors (Lipinski definition) is 3. The molecule has 6 heteroatoms. The summed E-state index contributed by atoms with van der Waals surface area (Å²) in [5.74, 6) is 1.49. The van der Waals surface area contributed by atoms with Gasteiger partial charge in [-0.25, -0.2) is 4.98 Å². The molecule has 1 unspecified atom stereocenters. The van der Waals surface area contributed by atoms with Crippen molar-refractivity contribution in [1.29, 1.82) is 5.26 Å². The summed E-state index contributed by atoms with van der Waals surface area (Å²) in [6, 6.07) is 3.71. The Bertz CT molecular complexity index is 736. The number of carbonyl (C=O) groups is 1. The predicted octanol–water partition coefficient (Wildman–Crippen LogP) is 1.43. The molecule has 0 radical (unpaired) electrons. The number of carbonyl (C=O) groups excluding carboxylic acids is 1. The van der Waals surface area contributed by atoms with Gasteiger partial charge in [0.05, 0.1) is 5.56 Å². The summed E-state index contributed by atoms with van der Waals surface area (Å²) in [4.78, 5) is 18.7. The van der Waals surface area contributed by atoms with Crippen LogP contribution < -0.4 is 0 Å². The SMILES string of the molecule is CN(CC1CCn2ccnc2C1)C(=O)c1cc(C#N)cn1C. The zero-order valence-electron chi connectivity index (χ0n) is 12.9. The van der Waals surface area contributed by atoms with Gasteiger partial charge in [0.2, 0.25) is 0 Å². The van der Waals surface area contributed by atoms with Crippen LogP contribution in [0.3, 0.4) is 0 Å². The Labute approximate surface area is 129 Å². The molecule has 0 aromatic carbocycles. The van der Waals surface area contributed by atoms with E-state index in [4.69, 9.17) is 5.26 Å². The second-order valence-electron chi connectivity index (χ2n) is 5.92. The van der Waals surface area contributed by atoms with Crippen molar-refractivity contribution in [3.8, 4) is 6.07 Å². The molecule has 0 bridgehead atoms. The number of amides is 1. The van der Waals surface area contributed by atoms with E-state index >= 15 is 0 Å². The van der Waals surface area contributed by atoms with Crippen LogP contribution in [0.1, 0.15) is 28.3 Å². The molecule has 1 aliphatic rings. The minimum absolute atomic E-state index is 0.0436. The van der Waals surface area contributed by atoms with Gasteiger partial charge in [0.25, 0.3) is 5.91 Å². The number of fused-ring (bicyclic) bond motifs is 1. The first kappa shape index (κ1) is 14.4. The highest BCUT2D eigenvalue weighted by atomic mass is 16.2. The summed E-state index contributed by atoms with van der Waals surface area (Å²) in [5.41, 5.74) is 1.07. The maximum absolute atomic E-state index is 12.5. The third-order valence-electron chi connectivity index (χ3n) is 4.28. The molecule has 0 saturated heterocycles. The van der Waals surface area contributed by atoms with Crippen molar-refractivity contribution in [3.63, 3.8) is 0 Å². The lowest BCUT2D eigenvalue weighted by Gasteiger charge is -2.27. The van der Waals surface area contributed by atoms with Crippen LogP contribution in [0.4, 0.5) is 0 Å². The molecular formula is C16H19N5O. The lowest BCUT2D eigenvalue weighted by Crippen LogP contribution is -2.35. The van der Waals surface area contributed by atoms with Gasteiger partial charge in [0.15, 0.2) is 0 Å². The van der Waals surface area contributed by atoms with Crippen molar-refractivity contribution in [1.82, 2.24) is 19.0 Å². The Morgan fingerprint density at radius 3 is 3.14 bits per heavy atom. The predicted molar refractivity (Wildman–Crippen MR) is 81.1 cm³/mol. The molecule has 3 heterocycles. The van der Waals surface area contributed by atoms with Crippen LogP contribution in [-0.2, 0) is 20.0 Å². The van der Waals surface area contributed by atoms with Crippen LogP contribution >= 0.6 is 0 Å². The lowest BCUT2D eigenvalue weighted by molar-refractivity contribution is 0.0754. The minimum atomic E-state index is -0.0436. The number of imidazole rings is 1. The summed E-state index contributed by atoms with van der Waals surface area (Å²) in [6.45, 7) is 1.67. The molecular weight excluding hydrogens is 278 g/mol. The van der Waals surface area contributed by atoms with Crippen molar-refractivity contribution < 1.29 is 4.79 Å². The molecule has 0 N–H and O–H groups in total. The van der Waals surface area contributed by atoms with Gasteiger partial charge in [-0.3, -0.25) is 4.79 Å². The van der Waals surface area contributed by atoms with Gasteiger partial charge in [0.1, 0.15) is 17.6 Å². The molecule has 114 valence electrons. The summed E-state index contributed by atoms with van der Waals surface area (Å²) in [5, 5.41) is 8.93. The highest BCUT2D eigenvalue weighted by Crippen LogP contribution is 2.20. The molecule has 0 saturated carbocycles. The van der Waals surface area contributed by atoms with E-state index in [9.17, 15) is 4.79 Å². The van der Waals surface area contributed by atoms with E-state index in [2.05, 4.69) is 15.6 Å². The number of aromatic nitrogens is 3. The van der Waals surface area contributed by atoms with E-state index in [0.29, 0.717) is 23.7 Å².